The second kappa shape index (κ2) is 12.7. The minimum atomic E-state index is -0.737. The van der Waals surface area contributed by atoms with E-state index in [0.717, 1.165) is 43.8 Å². The second-order valence-corrected chi connectivity index (χ2v) is 11.4. The van der Waals surface area contributed by atoms with Crippen LogP contribution in [0.5, 0.6) is 0 Å². The van der Waals surface area contributed by atoms with Gasteiger partial charge in [0.2, 0.25) is 0 Å². The molecule has 11 heteroatoms. The number of halogens is 2. The lowest BCUT2D eigenvalue weighted by molar-refractivity contribution is -0.143. The summed E-state index contributed by atoms with van der Waals surface area (Å²) in [4.78, 5) is 39.1. The Bertz CT molecular complexity index is 1450. The fraction of sp³-hybridized carbons (Fsp3) is 0.467. The van der Waals surface area contributed by atoms with Crippen molar-refractivity contribution >= 4 is 45.9 Å². The lowest BCUT2D eigenvalue weighted by atomic mass is 9.87. The number of aryl methyl sites for hydroxylation is 1. The van der Waals surface area contributed by atoms with Gasteiger partial charge in [0.15, 0.2) is 11.5 Å². The van der Waals surface area contributed by atoms with Gasteiger partial charge < -0.3 is 15.2 Å². The fourth-order valence-electron chi connectivity index (χ4n) is 5.89. The number of aromatic nitrogens is 2. The maximum Gasteiger partial charge on any atom is 0.306 e. The molecule has 2 aliphatic rings. The van der Waals surface area contributed by atoms with Gasteiger partial charge in [-0.15, -0.1) is 0 Å². The number of para-hydroxylation sites is 1. The number of Topliss-reactive ketones (excluding diaryl/α,β-unsaturated/α-hetero) is 1. The summed E-state index contributed by atoms with van der Waals surface area (Å²) in [7, 11) is 1.74. The molecule has 2 aromatic carbocycles. The van der Waals surface area contributed by atoms with Crippen LogP contribution in [0.1, 0.15) is 54.6 Å². The van der Waals surface area contributed by atoms with Crippen molar-refractivity contribution in [1.82, 2.24) is 14.7 Å². The Hall–Kier alpha value is -3.34. The van der Waals surface area contributed by atoms with Gasteiger partial charge in [0.1, 0.15) is 5.82 Å². The van der Waals surface area contributed by atoms with E-state index in [2.05, 4.69) is 15.3 Å². The lowest BCUT2D eigenvalue weighted by Gasteiger charge is -2.29. The summed E-state index contributed by atoms with van der Waals surface area (Å²) in [5.74, 6) is -2.29. The summed E-state index contributed by atoms with van der Waals surface area (Å²) in [6, 6.07) is 9.93. The first-order valence-electron chi connectivity index (χ1n) is 14.0. The summed E-state index contributed by atoms with van der Waals surface area (Å²) in [6.07, 6.45) is 4.52. The third-order valence-electron chi connectivity index (χ3n) is 8.17. The molecule has 1 saturated carbocycles. The number of nitrogens with one attached hydrogen (secondary N) is 1. The van der Waals surface area contributed by atoms with Crippen LogP contribution in [0.2, 0.25) is 5.02 Å². The number of hydrogen-bond donors (Lipinski definition) is 2. The normalized spacial score (nSPS) is 21.3. The highest BCUT2D eigenvalue weighted by molar-refractivity contribution is 6.34. The molecule has 2 fully saturated rings. The number of likely N-dealkylation sites (tertiary alicyclic amines) is 1. The highest BCUT2D eigenvalue weighted by atomic mass is 35.5. The molecule has 2 N–H and O–H groups in total. The number of benzene rings is 2. The third-order valence-corrected chi connectivity index (χ3v) is 8.48. The maximum absolute atomic E-state index is 15.0. The Morgan fingerprint density at radius 3 is 2.66 bits per heavy atom. The van der Waals surface area contributed by atoms with Gasteiger partial charge >= 0.3 is 5.97 Å². The minimum absolute atomic E-state index is 0.0513. The van der Waals surface area contributed by atoms with Gasteiger partial charge in [-0.3, -0.25) is 24.0 Å². The van der Waals surface area contributed by atoms with Crippen molar-refractivity contribution in [2.45, 2.75) is 57.1 Å². The number of carboxylic acids is 1. The molecular weight excluding hydrogens is 551 g/mol. The SMILES string of the molecule is Cn1nc(C(=O)Nc2cc(F)c(CC(=O)CN3CCC[C@H]3COC3CCC(C(=O)O)CC3)cc2Cl)c2ccccc21. The summed E-state index contributed by atoms with van der Waals surface area (Å²) in [6.45, 7) is 1.44. The number of carboxylic acid groups (broad SMARTS) is 1. The average molecular weight is 585 g/mol. The van der Waals surface area contributed by atoms with Crippen LogP contribution >= 0.6 is 11.6 Å². The molecule has 5 rings (SSSR count). The number of carbonyl (C=O) groups excluding carboxylic acids is 2. The maximum atomic E-state index is 15.0. The molecule has 1 amide bonds. The van der Waals surface area contributed by atoms with Crippen molar-refractivity contribution in [1.29, 1.82) is 0 Å². The van der Waals surface area contributed by atoms with Gasteiger partial charge in [0, 0.05) is 24.9 Å². The molecule has 0 bridgehead atoms. The molecule has 0 unspecified atom stereocenters. The van der Waals surface area contributed by atoms with E-state index in [1.54, 1.807) is 17.8 Å². The van der Waals surface area contributed by atoms with Gasteiger partial charge in [-0.25, -0.2) is 4.39 Å². The number of amides is 1. The number of rotatable bonds is 10. The third kappa shape index (κ3) is 6.77. The number of ketones is 1. The molecule has 1 saturated heterocycles. The van der Waals surface area contributed by atoms with Crippen LogP contribution in [0.25, 0.3) is 10.9 Å². The highest BCUT2D eigenvalue weighted by Gasteiger charge is 2.30. The molecule has 1 aromatic heterocycles. The van der Waals surface area contributed by atoms with E-state index >= 15 is 4.39 Å². The standard InChI is InChI=1S/C30H34ClFN4O5/c1-35-27-7-3-2-6-23(27)28(34-35)29(38)33-26-15-25(32)19(14-24(26)31)13-21(37)16-36-12-4-5-20(36)17-41-22-10-8-18(9-11-22)30(39)40/h2-3,6-7,14-15,18,20,22H,4-5,8-13,16-17H2,1H3,(H,33,38)(H,39,40)/t18?,20-,22?/m0/s1. The van der Waals surface area contributed by atoms with Crippen molar-refractivity contribution in [3.05, 3.63) is 58.5 Å². The largest absolute Gasteiger partial charge is 0.481 e. The molecule has 1 aliphatic heterocycles. The van der Waals surface area contributed by atoms with E-state index in [4.69, 9.17) is 16.3 Å². The van der Waals surface area contributed by atoms with Gasteiger partial charge in [0.05, 0.1) is 41.4 Å². The molecular formula is C30H34ClFN4O5. The van der Waals surface area contributed by atoms with E-state index in [1.165, 1.54) is 6.07 Å². The molecule has 0 spiro atoms. The molecule has 1 aliphatic carbocycles. The molecule has 2 heterocycles. The van der Waals surface area contributed by atoms with E-state index in [9.17, 15) is 19.5 Å². The van der Waals surface area contributed by atoms with Crippen LogP contribution in [0.15, 0.2) is 36.4 Å². The predicted molar refractivity (Wildman–Crippen MR) is 153 cm³/mol. The zero-order valence-corrected chi connectivity index (χ0v) is 23.7. The van der Waals surface area contributed by atoms with Gasteiger partial charge in [-0.2, -0.15) is 5.10 Å². The van der Waals surface area contributed by atoms with Crippen molar-refractivity contribution in [3.8, 4) is 0 Å². The zero-order valence-electron chi connectivity index (χ0n) is 22.9. The summed E-state index contributed by atoms with van der Waals surface area (Å²) in [5.41, 5.74) is 1.27. The number of anilines is 1. The topological polar surface area (TPSA) is 114 Å². The fourth-order valence-corrected chi connectivity index (χ4v) is 6.13. The van der Waals surface area contributed by atoms with Crippen LogP contribution in [0.4, 0.5) is 10.1 Å². The van der Waals surface area contributed by atoms with Crippen molar-refractivity contribution in [2.24, 2.45) is 13.0 Å². The van der Waals surface area contributed by atoms with Gasteiger partial charge in [-0.1, -0.05) is 29.8 Å². The molecule has 218 valence electrons. The Balaban J connectivity index is 1.15. The first kappa shape index (κ1) is 29.2. The van der Waals surface area contributed by atoms with E-state index in [1.807, 2.05) is 18.2 Å². The number of ether oxygens (including phenoxy) is 1. The number of hydrogen-bond acceptors (Lipinski definition) is 6. The smallest absolute Gasteiger partial charge is 0.306 e. The quantitative estimate of drug-likeness (QED) is 0.350. The monoisotopic (exact) mass is 584 g/mol. The first-order valence-corrected chi connectivity index (χ1v) is 14.4. The number of carbonyl (C=O) groups is 3. The van der Waals surface area contributed by atoms with Gasteiger partial charge in [-0.05, 0) is 68.8 Å². The Morgan fingerprint density at radius 2 is 1.90 bits per heavy atom. The highest BCUT2D eigenvalue weighted by Crippen LogP contribution is 2.29. The zero-order chi connectivity index (χ0) is 29.1. The molecule has 41 heavy (non-hydrogen) atoms. The minimum Gasteiger partial charge on any atom is -0.481 e. The Morgan fingerprint density at radius 1 is 1.15 bits per heavy atom. The summed E-state index contributed by atoms with van der Waals surface area (Å²) in [5, 5.41) is 16.9. The van der Waals surface area contributed by atoms with Crippen LogP contribution in [0, 0.1) is 11.7 Å². The van der Waals surface area contributed by atoms with Crippen LogP contribution < -0.4 is 5.32 Å². The molecule has 3 aromatic rings. The van der Waals surface area contributed by atoms with Crippen LogP contribution in [-0.4, -0.2) is 69.3 Å². The molecule has 9 nitrogen and oxygen atoms in total. The first-order chi connectivity index (χ1) is 19.7. The van der Waals surface area contributed by atoms with E-state index < -0.39 is 17.7 Å². The van der Waals surface area contributed by atoms with Crippen molar-refractivity contribution in [3.63, 3.8) is 0 Å². The average Bonchev–Trinajstić information content (AvgIpc) is 3.54. The second-order valence-electron chi connectivity index (χ2n) is 11.0. The van der Waals surface area contributed by atoms with Crippen molar-refractivity contribution < 1.29 is 28.6 Å². The van der Waals surface area contributed by atoms with E-state index in [0.29, 0.717) is 24.8 Å². The summed E-state index contributed by atoms with van der Waals surface area (Å²) < 4.78 is 22.7. The van der Waals surface area contributed by atoms with Crippen LogP contribution in [-0.2, 0) is 27.8 Å². The molecule has 1 atom stereocenters. The number of nitrogens with zero attached hydrogens (tertiary/aromatic N) is 3. The molecule has 0 radical (unpaired) electrons. The Labute approximate surface area is 242 Å². The van der Waals surface area contributed by atoms with Gasteiger partial charge in [0.25, 0.3) is 5.91 Å². The summed E-state index contributed by atoms with van der Waals surface area (Å²) >= 11 is 6.40. The van der Waals surface area contributed by atoms with Crippen LogP contribution in [0.3, 0.4) is 0 Å². The number of aliphatic carboxylic acids is 1. The predicted octanol–water partition coefficient (Wildman–Crippen LogP) is 4.85. The number of fused-ring (bicyclic) bond motifs is 1. The Kier molecular flexibility index (Phi) is 9.01. The lowest BCUT2D eigenvalue weighted by Crippen LogP contribution is -2.39. The van der Waals surface area contributed by atoms with Crippen molar-refractivity contribution in [2.75, 3.05) is 25.0 Å². The van der Waals surface area contributed by atoms with E-state index in [-0.39, 0.29) is 58.8 Å².